The van der Waals surface area contributed by atoms with Crippen LogP contribution in [0.5, 0.6) is 5.75 Å². The lowest BCUT2D eigenvalue weighted by Crippen LogP contribution is -2.34. The number of ether oxygens (including phenoxy) is 1. The molecule has 2 N–H and O–H groups in total. The Morgan fingerprint density at radius 2 is 2.14 bits per heavy atom. The first-order valence-electron chi connectivity index (χ1n) is 7.12. The fourth-order valence-electron chi connectivity index (χ4n) is 1.87. The Hall–Kier alpha value is -2.63. The number of benzene rings is 1. The molecule has 6 nitrogen and oxygen atoms in total. The summed E-state index contributed by atoms with van der Waals surface area (Å²) in [5, 5.41) is 5.75. The minimum Gasteiger partial charge on any atom is -0.484 e. The van der Waals surface area contributed by atoms with E-state index in [1.54, 1.807) is 25.4 Å². The lowest BCUT2D eigenvalue weighted by Gasteiger charge is -2.10. The summed E-state index contributed by atoms with van der Waals surface area (Å²) in [6, 6.07) is 9.25. The minimum atomic E-state index is -0.145. The largest absolute Gasteiger partial charge is 0.484 e. The molecule has 2 aromatic rings. The molecule has 2 rings (SSSR count). The lowest BCUT2D eigenvalue weighted by molar-refractivity contribution is -0.123. The number of anilines is 1. The average Bonchev–Trinajstić information content (AvgIpc) is 2.53. The van der Waals surface area contributed by atoms with Crippen molar-refractivity contribution in [3.05, 3.63) is 36.5 Å². The molecule has 0 saturated heterocycles. The van der Waals surface area contributed by atoms with Gasteiger partial charge >= 0.3 is 0 Å². The third kappa shape index (κ3) is 4.44. The summed E-state index contributed by atoms with van der Waals surface area (Å²) >= 11 is 0. The normalized spacial score (nSPS) is 10.4. The Morgan fingerprint density at radius 3 is 2.86 bits per heavy atom. The quantitative estimate of drug-likeness (QED) is 0.854. The van der Waals surface area contributed by atoms with E-state index >= 15 is 0 Å². The Bertz CT molecular complexity index is 644. The number of hydrogen-bond acceptors (Lipinski definition) is 5. The molecule has 0 spiro atoms. The fourth-order valence-corrected chi connectivity index (χ4v) is 1.87. The third-order valence-electron chi connectivity index (χ3n) is 2.82. The van der Waals surface area contributed by atoms with E-state index in [-0.39, 0.29) is 18.6 Å². The maximum Gasteiger partial charge on any atom is 0.258 e. The van der Waals surface area contributed by atoms with Crippen molar-refractivity contribution in [1.82, 2.24) is 15.3 Å². The van der Waals surface area contributed by atoms with E-state index in [4.69, 9.17) is 4.74 Å². The van der Waals surface area contributed by atoms with E-state index in [2.05, 4.69) is 20.6 Å². The monoisotopic (exact) mass is 300 g/mol. The molecule has 0 aliphatic heterocycles. The van der Waals surface area contributed by atoms with Crippen LogP contribution in [0.2, 0.25) is 0 Å². The van der Waals surface area contributed by atoms with Crippen LogP contribution in [0.25, 0.3) is 11.4 Å². The number of nitrogens with zero attached hydrogens (tertiary/aromatic N) is 2. The highest BCUT2D eigenvalue weighted by Crippen LogP contribution is 2.21. The second-order valence-corrected chi connectivity index (χ2v) is 5.05. The van der Waals surface area contributed by atoms with Gasteiger partial charge in [0.1, 0.15) is 11.6 Å². The number of carbonyl (C=O) groups is 1. The van der Waals surface area contributed by atoms with Gasteiger partial charge in [-0.3, -0.25) is 4.79 Å². The topological polar surface area (TPSA) is 76.1 Å². The molecule has 116 valence electrons. The van der Waals surface area contributed by atoms with Gasteiger partial charge in [-0.05, 0) is 32.0 Å². The molecule has 0 saturated carbocycles. The second kappa shape index (κ2) is 7.40. The first-order valence-corrected chi connectivity index (χ1v) is 7.12. The van der Waals surface area contributed by atoms with Gasteiger partial charge in [-0.1, -0.05) is 12.1 Å². The van der Waals surface area contributed by atoms with Gasteiger partial charge in [0.25, 0.3) is 5.91 Å². The van der Waals surface area contributed by atoms with Gasteiger partial charge in [0, 0.05) is 24.8 Å². The van der Waals surface area contributed by atoms with Gasteiger partial charge in [-0.2, -0.15) is 0 Å². The van der Waals surface area contributed by atoms with Crippen LogP contribution >= 0.6 is 0 Å². The lowest BCUT2D eigenvalue weighted by atomic mass is 10.2. The zero-order valence-corrected chi connectivity index (χ0v) is 13.0. The van der Waals surface area contributed by atoms with E-state index in [0.29, 0.717) is 11.6 Å². The van der Waals surface area contributed by atoms with Crippen LogP contribution in [0, 0.1) is 0 Å². The molecule has 6 heteroatoms. The summed E-state index contributed by atoms with van der Waals surface area (Å²) in [6.07, 6.45) is 1.69. The summed E-state index contributed by atoms with van der Waals surface area (Å²) in [7, 11) is 1.80. The number of nitrogens with one attached hydrogen (secondary N) is 2. The van der Waals surface area contributed by atoms with Crippen LogP contribution < -0.4 is 15.4 Å². The average molecular weight is 300 g/mol. The highest BCUT2D eigenvalue weighted by molar-refractivity contribution is 5.77. The van der Waals surface area contributed by atoms with Crippen molar-refractivity contribution >= 4 is 11.7 Å². The van der Waals surface area contributed by atoms with Gasteiger partial charge in [0.05, 0.1) is 0 Å². The van der Waals surface area contributed by atoms with Gasteiger partial charge in [0.2, 0.25) is 0 Å². The first-order chi connectivity index (χ1) is 10.6. The van der Waals surface area contributed by atoms with Gasteiger partial charge in [-0.15, -0.1) is 0 Å². The van der Waals surface area contributed by atoms with Crippen molar-refractivity contribution in [1.29, 1.82) is 0 Å². The molecular formula is C16H20N4O2. The van der Waals surface area contributed by atoms with Crippen molar-refractivity contribution in [3.63, 3.8) is 0 Å². The van der Waals surface area contributed by atoms with Crippen LogP contribution in [0.4, 0.5) is 5.82 Å². The Balaban J connectivity index is 2.08. The van der Waals surface area contributed by atoms with Gasteiger partial charge in [-0.25, -0.2) is 9.97 Å². The molecule has 1 aromatic heterocycles. The summed E-state index contributed by atoms with van der Waals surface area (Å²) in [5.74, 6) is 1.81. The van der Waals surface area contributed by atoms with Crippen molar-refractivity contribution in [2.45, 2.75) is 19.9 Å². The Kier molecular flexibility index (Phi) is 5.30. The standard InChI is InChI=1S/C16H20N4O2/c1-11(2)19-15(21)10-22-13-6-4-5-12(9-13)16-18-8-7-14(17-3)20-16/h4-9,11H,10H2,1-3H3,(H,19,21)(H,17,18,20). The van der Waals surface area contributed by atoms with Crippen molar-refractivity contribution in [2.24, 2.45) is 0 Å². The molecule has 22 heavy (non-hydrogen) atoms. The van der Waals surface area contributed by atoms with Crippen LogP contribution in [-0.4, -0.2) is 35.6 Å². The minimum absolute atomic E-state index is 0.0148. The maximum absolute atomic E-state index is 11.6. The fraction of sp³-hybridized carbons (Fsp3) is 0.312. The molecule has 0 atom stereocenters. The summed E-state index contributed by atoms with van der Waals surface area (Å²) in [6.45, 7) is 3.80. The Labute approximate surface area is 129 Å². The second-order valence-electron chi connectivity index (χ2n) is 5.05. The van der Waals surface area contributed by atoms with Crippen LogP contribution in [-0.2, 0) is 4.79 Å². The predicted octanol–water partition coefficient (Wildman–Crippen LogP) is 2.09. The molecule has 0 bridgehead atoms. The van der Waals surface area contributed by atoms with Crippen LogP contribution in [0.15, 0.2) is 36.5 Å². The van der Waals surface area contributed by atoms with E-state index < -0.39 is 0 Å². The van der Waals surface area contributed by atoms with Gasteiger partial charge in [0.15, 0.2) is 12.4 Å². The molecular weight excluding hydrogens is 280 g/mol. The van der Waals surface area contributed by atoms with Crippen molar-refractivity contribution in [2.75, 3.05) is 19.0 Å². The number of carbonyl (C=O) groups excluding carboxylic acids is 1. The van der Waals surface area contributed by atoms with E-state index in [1.807, 2.05) is 32.0 Å². The molecule has 1 amide bonds. The summed E-state index contributed by atoms with van der Waals surface area (Å²) in [4.78, 5) is 20.2. The molecule has 1 aromatic carbocycles. The zero-order chi connectivity index (χ0) is 15.9. The predicted molar refractivity (Wildman–Crippen MR) is 85.8 cm³/mol. The van der Waals surface area contributed by atoms with Crippen LogP contribution in [0.1, 0.15) is 13.8 Å². The summed E-state index contributed by atoms with van der Waals surface area (Å²) < 4.78 is 5.50. The van der Waals surface area contributed by atoms with Gasteiger partial charge < -0.3 is 15.4 Å². The SMILES string of the molecule is CNc1ccnc(-c2cccc(OCC(=O)NC(C)C)c2)n1. The number of amides is 1. The number of rotatable bonds is 6. The van der Waals surface area contributed by atoms with E-state index in [1.165, 1.54) is 0 Å². The molecule has 0 aliphatic rings. The number of aromatic nitrogens is 2. The van der Waals surface area contributed by atoms with Crippen LogP contribution in [0.3, 0.4) is 0 Å². The van der Waals surface area contributed by atoms with E-state index in [0.717, 1.165) is 11.4 Å². The molecule has 0 unspecified atom stereocenters. The van der Waals surface area contributed by atoms with E-state index in [9.17, 15) is 4.79 Å². The maximum atomic E-state index is 11.6. The van der Waals surface area contributed by atoms with Crippen molar-refractivity contribution < 1.29 is 9.53 Å². The Morgan fingerprint density at radius 1 is 1.32 bits per heavy atom. The molecule has 1 heterocycles. The zero-order valence-electron chi connectivity index (χ0n) is 13.0. The van der Waals surface area contributed by atoms with Crippen molar-refractivity contribution in [3.8, 4) is 17.1 Å². The highest BCUT2D eigenvalue weighted by atomic mass is 16.5. The molecule has 0 aliphatic carbocycles. The third-order valence-corrected chi connectivity index (χ3v) is 2.82. The molecule has 0 radical (unpaired) electrons. The summed E-state index contributed by atoms with van der Waals surface area (Å²) in [5.41, 5.74) is 0.832. The number of hydrogen-bond donors (Lipinski definition) is 2. The smallest absolute Gasteiger partial charge is 0.258 e. The molecule has 0 fully saturated rings. The highest BCUT2D eigenvalue weighted by Gasteiger charge is 2.07. The first kappa shape index (κ1) is 15.8.